The lowest BCUT2D eigenvalue weighted by Gasteiger charge is -2.28. The maximum absolute atomic E-state index is 10.8. The van der Waals surface area contributed by atoms with E-state index in [1.54, 1.807) is 6.92 Å². The average Bonchev–Trinajstić information content (AvgIpc) is 2.47. The summed E-state index contributed by atoms with van der Waals surface area (Å²) in [7, 11) is 0. The highest BCUT2D eigenvalue weighted by molar-refractivity contribution is 9.09. The summed E-state index contributed by atoms with van der Waals surface area (Å²) in [4.78, 5) is 12.8. The van der Waals surface area contributed by atoms with Crippen molar-refractivity contribution in [3.05, 3.63) is 29.3 Å². The Bertz CT molecular complexity index is 602. The molecule has 25 heavy (non-hydrogen) atoms. The molecule has 0 amide bonds. The summed E-state index contributed by atoms with van der Waals surface area (Å²) in [5.41, 5.74) is 8.83. The second kappa shape index (κ2) is 10.9. The van der Waals surface area contributed by atoms with Gasteiger partial charge >= 0.3 is 5.97 Å². The molecule has 0 saturated carbocycles. The highest BCUT2D eigenvalue weighted by Gasteiger charge is 2.15. The molecule has 0 bridgehead atoms. The van der Waals surface area contributed by atoms with Crippen molar-refractivity contribution in [2.24, 2.45) is 5.73 Å². The van der Waals surface area contributed by atoms with Gasteiger partial charge in [0.1, 0.15) is 0 Å². The molecule has 7 nitrogen and oxygen atoms in total. The SMILES string of the molecule is Cc1ccc(N(CCBr)CC(C)OS(=O)[O-])cc1C[C@H](N)CC(=O)O. The molecule has 0 aliphatic rings. The number of carboxylic acids is 1. The van der Waals surface area contributed by atoms with Crippen LogP contribution in [-0.4, -0.2) is 50.4 Å². The molecule has 2 unspecified atom stereocenters. The summed E-state index contributed by atoms with van der Waals surface area (Å²) >= 11 is 0.844. The van der Waals surface area contributed by atoms with Gasteiger partial charge in [0.25, 0.3) is 0 Å². The minimum absolute atomic E-state index is 0.0883. The minimum atomic E-state index is -2.55. The molecule has 0 aliphatic carbocycles. The van der Waals surface area contributed by atoms with Crippen LogP contribution in [0.1, 0.15) is 24.5 Å². The van der Waals surface area contributed by atoms with Crippen LogP contribution in [0.4, 0.5) is 5.69 Å². The zero-order chi connectivity index (χ0) is 19.0. The second-order valence-electron chi connectivity index (χ2n) is 5.92. The lowest BCUT2D eigenvalue weighted by atomic mass is 9.99. The molecule has 3 atom stereocenters. The topological polar surface area (TPSA) is 116 Å². The molecule has 0 spiro atoms. The Morgan fingerprint density at radius 1 is 1.52 bits per heavy atom. The van der Waals surface area contributed by atoms with E-state index in [2.05, 4.69) is 15.9 Å². The lowest BCUT2D eigenvalue weighted by Crippen LogP contribution is -2.34. The highest BCUT2D eigenvalue weighted by atomic mass is 79.9. The van der Waals surface area contributed by atoms with Gasteiger partial charge in [0.15, 0.2) is 0 Å². The Balaban J connectivity index is 2.93. The number of hydrogen-bond donors (Lipinski definition) is 2. The molecule has 0 radical (unpaired) electrons. The quantitative estimate of drug-likeness (QED) is 0.401. The van der Waals surface area contributed by atoms with Gasteiger partial charge in [-0.2, -0.15) is 0 Å². The van der Waals surface area contributed by atoms with Gasteiger partial charge in [-0.15, -0.1) is 0 Å². The number of carboxylic acid groups (broad SMARTS) is 1. The van der Waals surface area contributed by atoms with Gasteiger partial charge in [0.05, 0.1) is 23.9 Å². The first-order valence-corrected chi connectivity index (χ1v) is 9.99. The molecule has 0 saturated heterocycles. The third-order valence-corrected chi connectivity index (χ3v) is 4.53. The van der Waals surface area contributed by atoms with Crippen LogP contribution in [0.25, 0.3) is 0 Å². The molecule has 0 fully saturated rings. The Morgan fingerprint density at radius 2 is 2.20 bits per heavy atom. The van der Waals surface area contributed by atoms with Crippen LogP contribution in [0.15, 0.2) is 18.2 Å². The molecule has 0 heterocycles. The smallest absolute Gasteiger partial charge is 0.304 e. The summed E-state index contributed by atoms with van der Waals surface area (Å²) in [6, 6.07) is 5.42. The Morgan fingerprint density at radius 3 is 2.76 bits per heavy atom. The van der Waals surface area contributed by atoms with Crippen LogP contribution < -0.4 is 10.6 Å². The van der Waals surface area contributed by atoms with E-state index in [0.29, 0.717) is 24.8 Å². The summed E-state index contributed by atoms with van der Waals surface area (Å²) in [6.07, 6.45) is -0.115. The molecule has 142 valence electrons. The summed E-state index contributed by atoms with van der Waals surface area (Å²) in [6.45, 7) is 4.72. The van der Waals surface area contributed by atoms with Crippen LogP contribution >= 0.6 is 15.9 Å². The minimum Gasteiger partial charge on any atom is -0.750 e. The lowest BCUT2D eigenvalue weighted by molar-refractivity contribution is -0.137. The normalized spacial score (nSPS) is 14.8. The third-order valence-electron chi connectivity index (χ3n) is 3.69. The van der Waals surface area contributed by atoms with Gasteiger partial charge in [-0.05, 0) is 43.5 Å². The van der Waals surface area contributed by atoms with E-state index in [0.717, 1.165) is 16.8 Å². The zero-order valence-corrected chi connectivity index (χ0v) is 16.7. The van der Waals surface area contributed by atoms with Crippen molar-refractivity contribution < 1.29 is 22.8 Å². The van der Waals surface area contributed by atoms with Crippen molar-refractivity contribution in [2.45, 2.75) is 38.8 Å². The molecule has 3 N–H and O–H groups in total. The molecule has 9 heteroatoms. The van der Waals surface area contributed by atoms with Gasteiger partial charge in [0, 0.05) is 30.1 Å². The number of benzene rings is 1. The van der Waals surface area contributed by atoms with E-state index in [-0.39, 0.29) is 6.42 Å². The molecule has 1 rings (SSSR count). The van der Waals surface area contributed by atoms with E-state index in [9.17, 15) is 13.6 Å². The fourth-order valence-corrected chi connectivity index (χ4v) is 3.31. The van der Waals surface area contributed by atoms with Crippen LogP contribution in [0, 0.1) is 6.92 Å². The number of halogens is 1. The first-order chi connectivity index (χ1) is 11.7. The first kappa shape index (κ1) is 22.0. The van der Waals surface area contributed by atoms with Crippen LogP contribution in [0.2, 0.25) is 0 Å². The molecule has 1 aromatic carbocycles. The Kier molecular flexibility index (Phi) is 9.58. The maximum Gasteiger partial charge on any atom is 0.304 e. The summed E-state index contributed by atoms with van der Waals surface area (Å²) in [5, 5.41) is 9.57. The van der Waals surface area contributed by atoms with E-state index in [1.807, 2.05) is 30.0 Å². The number of rotatable bonds is 11. The second-order valence-corrected chi connectivity index (χ2v) is 7.31. The van der Waals surface area contributed by atoms with Crippen molar-refractivity contribution in [3.8, 4) is 0 Å². The molecule has 1 aromatic rings. The van der Waals surface area contributed by atoms with Crippen LogP contribution in [-0.2, 0) is 26.8 Å². The molecular weight excluding hydrogens is 412 g/mol. The molecule has 0 aliphatic heterocycles. The number of aryl methyl sites for hydroxylation is 1. The molecular formula is C16H24BrN2O5S-. The van der Waals surface area contributed by atoms with Crippen molar-refractivity contribution in [1.29, 1.82) is 0 Å². The fourth-order valence-electron chi connectivity index (χ4n) is 2.56. The highest BCUT2D eigenvalue weighted by Crippen LogP contribution is 2.22. The van der Waals surface area contributed by atoms with Crippen LogP contribution in [0.5, 0.6) is 0 Å². The Hall–Kier alpha value is -1.00. The number of hydrogen-bond acceptors (Lipinski definition) is 6. The van der Waals surface area contributed by atoms with Crippen LogP contribution in [0.3, 0.4) is 0 Å². The number of anilines is 1. The van der Waals surface area contributed by atoms with Gasteiger partial charge in [-0.3, -0.25) is 8.98 Å². The average molecular weight is 436 g/mol. The standard InChI is InChI=1S/C16H25BrN2O5S/c1-11-3-4-15(8-13(11)7-14(18)9-16(20)21)19(6-5-17)10-12(2)24-25(22)23/h3-4,8,12,14H,5-7,9-10,18H2,1-2H3,(H,20,21)(H,22,23)/p-1/t12?,14-/m0/s1. The zero-order valence-electron chi connectivity index (χ0n) is 14.3. The predicted molar refractivity (Wildman–Crippen MR) is 101 cm³/mol. The van der Waals surface area contributed by atoms with Gasteiger partial charge in [-0.1, -0.05) is 22.0 Å². The predicted octanol–water partition coefficient (Wildman–Crippen LogP) is 1.74. The monoisotopic (exact) mass is 435 g/mol. The van der Waals surface area contributed by atoms with E-state index in [4.69, 9.17) is 15.0 Å². The number of alkyl halides is 1. The fraction of sp³-hybridized carbons (Fsp3) is 0.562. The van der Waals surface area contributed by atoms with Crippen molar-refractivity contribution in [2.75, 3.05) is 23.3 Å². The van der Waals surface area contributed by atoms with Gasteiger partial charge in [0.2, 0.25) is 0 Å². The number of aliphatic carboxylic acids is 1. The largest absolute Gasteiger partial charge is 0.750 e. The van der Waals surface area contributed by atoms with Crippen molar-refractivity contribution in [1.82, 2.24) is 0 Å². The molecule has 0 aromatic heterocycles. The third kappa shape index (κ3) is 8.28. The first-order valence-electron chi connectivity index (χ1n) is 7.87. The number of nitrogens with zero attached hydrogens (tertiary/aromatic N) is 1. The number of carbonyl (C=O) groups is 1. The maximum atomic E-state index is 10.8. The van der Waals surface area contributed by atoms with Crippen molar-refractivity contribution >= 4 is 38.9 Å². The summed E-state index contributed by atoms with van der Waals surface area (Å²) in [5.74, 6) is -0.918. The Labute approximate surface area is 159 Å². The van der Waals surface area contributed by atoms with Gasteiger partial charge < -0.3 is 20.3 Å². The number of nitrogens with two attached hydrogens (primary N) is 1. The summed E-state index contributed by atoms with van der Waals surface area (Å²) < 4.78 is 26.1. The van der Waals surface area contributed by atoms with E-state index in [1.165, 1.54) is 0 Å². The van der Waals surface area contributed by atoms with Gasteiger partial charge in [-0.25, -0.2) is 4.21 Å². The van der Waals surface area contributed by atoms with E-state index < -0.39 is 29.5 Å². The van der Waals surface area contributed by atoms with E-state index >= 15 is 0 Å². The van der Waals surface area contributed by atoms with Crippen molar-refractivity contribution in [3.63, 3.8) is 0 Å².